The highest BCUT2D eigenvalue weighted by Crippen LogP contribution is 2.27. The van der Waals surface area contributed by atoms with Gasteiger partial charge in [-0.3, -0.25) is 0 Å². The predicted molar refractivity (Wildman–Crippen MR) is 74.1 cm³/mol. The quantitative estimate of drug-likeness (QED) is 0.600. The van der Waals surface area contributed by atoms with Crippen molar-refractivity contribution in [2.45, 2.75) is 30.3 Å². The molecule has 0 saturated heterocycles. The molecule has 0 bridgehead atoms. The molecule has 2 atom stereocenters. The van der Waals surface area contributed by atoms with E-state index < -0.39 is 10.0 Å². The lowest BCUT2D eigenvalue weighted by molar-refractivity contribution is 0.138. The number of primary sulfonamides is 1. The third kappa shape index (κ3) is 3.37. The molecule has 6 nitrogen and oxygen atoms in total. The first-order valence-electron chi connectivity index (χ1n) is 6.22. The van der Waals surface area contributed by atoms with Gasteiger partial charge in [-0.1, -0.05) is 6.42 Å². The van der Waals surface area contributed by atoms with E-state index in [9.17, 15) is 13.5 Å². The van der Waals surface area contributed by atoms with Crippen LogP contribution in [0.2, 0.25) is 0 Å². The molecule has 2 unspecified atom stereocenters. The Morgan fingerprint density at radius 3 is 2.63 bits per heavy atom. The number of sulfonamides is 1. The van der Waals surface area contributed by atoms with Gasteiger partial charge in [0, 0.05) is 12.5 Å². The van der Waals surface area contributed by atoms with Crippen molar-refractivity contribution in [3.63, 3.8) is 0 Å². The lowest BCUT2D eigenvalue weighted by Gasteiger charge is -2.17. The van der Waals surface area contributed by atoms with Crippen LogP contribution >= 0.6 is 0 Å². The number of hydrogen-bond acceptors (Lipinski definition) is 5. The number of anilines is 2. The van der Waals surface area contributed by atoms with Gasteiger partial charge in [-0.25, -0.2) is 13.6 Å². The Bertz CT molecular complexity index is 559. The third-order valence-corrected chi connectivity index (χ3v) is 4.44. The van der Waals surface area contributed by atoms with Crippen molar-refractivity contribution in [1.29, 1.82) is 0 Å². The molecule has 2 rings (SSSR count). The van der Waals surface area contributed by atoms with Gasteiger partial charge in [0.15, 0.2) is 0 Å². The van der Waals surface area contributed by atoms with E-state index in [-0.39, 0.29) is 16.9 Å². The van der Waals surface area contributed by atoms with Gasteiger partial charge < -0.3 is 16.2 Å². The molecule has 0 spiro atoms. The van der Waals surface area contributed by atoms with Crippen LogP contribution < -0.4 is 16.2 Å². The molecule has 1 saturated carbocycles. The fourth-order valence-electron chi connectivity index (χ4n) is 2.38. The summed E-state index contributed by atoms with van der Waals surface area (Å²) in [6.45, 7) is 0.625. The van der Waals surface area contributed by atoms with Crippen molar-refractivity contribution < 1.29 is 13.5 Å². The topological polar surface area (TPSA) is 118 Å². The van der Waals surface area contributed by atoms with Gasteiger partial charge in [0.1, 0.15) is 0 Å². The Balaban J connectivity index is 2.05. The van der Waals surface area contributed by atoms with Gasteiger partial charge in [-0.05, 0) is 31.0 Å². The summed E-state index contributed by atoms with van der Waals surface area (Å²) in [5, 5.41) is 17.9. The van der Waals surface area contributed by atoms with Crippen LogP contribution in [0.15, 0.2) is 23.1 Å². The van der Waals surface area contributed by atoms with Gasteiger partial charge >= 0.3 is 0 Å². The molecule has 0 radical (unpaired) electrons. The zero-order chi connectivity index (χ0) is 14.0. The summed E-state index contributed by atoms with van der Waals surface area (Å²) in [6, 6.07) is 4.35. The molecule has 1 fully saturated rings. The second kappa shape index (κ2) is 5.36. The lowest BCUT2D eigenvalue weighted by Crippen LogP contribution is -2.22. The maximum Gasteiger partial charge on any atom is 0.238 e. The first-order chi connectivity index (χ1) is 8.88. The van der Waals surface area contributed by atoms with Crippen LogP contribution in [0.4, 0.5) is 11.4 Å². The van der Waals surface area contributed by atoms with Crippen molar-refractivity contribution in [2.24, 2.45) is 11.1 Å². The van der Waals surface area contributed by atoms with Crippen molar-refractivity contribution in [2.75, 3.05) is 17.6 Å². The first-order valence-corrected chi connectivity index (χ1v) is 7.77. The molecule has 1 aromatic rings. The predicted octanol–water partition coefficient (Wildman–Crippen LogP) is 0.489. The van der Waals surface area contributed by atoms with E-state index in [0.717, 1.165) is 19.3 Å². The van der Waals surface area contributed by atoms with E-state index in [1.807, 2.05) is 0 Å². The number of aliphatic hydroxyl groups excluding tert-OH is 1. The van der Waals surface area contributed by atoms with Crippen LogP contribution in [0.5, 0.6) is 0 Å². The van der Waals surface area contributed by atoms with Gasteiger partial charge in [0.05, 0.1) is 22.4 Å². The Labute approximate surface area is 112 Å². The van der Waals surface area contributed by atoms with E-state index >= 15 is 0 Å². The minimum absolute atomic E-state index is 0.00329. The second-order valence-electron chi connectivity index (χ2n) is 4.93. The van der Waals surface area contributed by atoms with E-state index in [1.54, 1.807) is 6.07 Å². The minimum Gasteiger partial charge on any atom is -0.397 e. The minimum atomic E-state index is -3.73. The van der Waals surface area contributed by atoms with Crippen molar-refractivity contribution in [3.8, 4) is 0 Å². The monoisotopic (exact) mass is 285 g/mol. The van der Waals surface area contributed by atoms with Crippen LogP contribution in [0.3, 0.4) is 0 Å². The summed E-state index contributed by atoms with van der Waals surface area (Å²) in [6.07, 6.45) is 2.60. The summed E-state index contributed by atoms with van der Waals surface area (Å²) in [4.78, 5) is -0.00329. The zero-order valence-electron chi connectivity index (χ0n) is 10.5. The summed E-state index contributed by atoms with van der Waals surface area (Å²) >= 11 is 0. The molecule has 6 N–H and O–H groups in total. The third-order valence-electron chi connectivity index (χ3n) is 3.53. The molecule has 0 aliphatic heterocycles. The van der Waals surface area contributed by atoms with Gasteiger partial charge in [-0.2, -0.15) is 0 Å². The van der Waals surface area contributed by atoms with Gasteiger partial charge in [0.25, 0.3) is 0 Å². The SMILES string of the molecule is Nc1cc(S(N)(=O)=O)ccc1NCC1CCCC1O. The van der Waals surface area contributed by atoms with Crippen LogP contribution in [-0.2, 0) is 10.0 Å². The molecule has 0 aromatic heterocycles. The molecule has 7 heteroatoms. The second-order valence-corrected chi connectivity index (χ2v) is 6.49. The summed E-state index contributed by atoms with van der Waals surface area (Å²) in [7, 11) is -3.73. The Morgan fingerprint density at radius 2 is 2.11 bits per heavy atom. The largest absolute Gasteiger partial charge is 0.397 e. The van der Waals surface area contributed by atoms with Crippen molar-refractivity contribution in [1.82, 2.24) is 0 Å². The first kappa shape index (κ1) is 14.1. The Kier molecular flexibility index (Phi) is 3.98. The molecule has 1 aliphatic carbocycles. The number of rotatable bonds is 4. The van der Waals surface area contributed by atoms with E-state index in [0.29, 0.717) is 17.9 Å². The van der Waals surface area contributed by atoms with Crippen LogP contribution in [0.1, 0.15) is 19.3 Å². The number of hydrogen-bond donors (Lipinski definition) is 4. The zero-order valence-corrected chi connectivity index (χ0v) is 11.4. The average Bonchev–Trinajstić information content (AvgIpc) is 2.72. The molecule has 1 aliphatic rings. The fourth-order valence-corrected chi connectivity index (χ4v) is 2.92. The molecule has 106 valence electrons. The molecular weight excluding hydrogens is 266 g/mol. The number of benzene rings is 1. The van der Waals surface area contributed by atoms with E-state index in [4.69, 9.17) is 10.9 Å². The van der Waals surface area contributed by atoms with Gasteiger partial charge in [-0.15, -0.1) is 0 Å². The molecular formula is C12H19N3O3S. The molecule has 1 aromatic carbocycles. The fraction of sp³-hybridized carbons (Fsp3) is 0.500. The molecule has 0 heterocycles. The van der Waals surface area contributed by atoms with E-state index in [2.05, 4.69) is 5.32 Å². The normalized spacial score (nSPS) is 23.5. The van der Waals surface area contributed by atoms with Crippen LogP contribution in [0, 0.1) is 5.92 Å². The maximum absolute atomic E-state index is 11.2. The number of nitrogens with one attached hydrogen (secondary N) is 1. The maximum atomic E-state index is 11.2. The smallest absolute Gasteiger partial charge is 0.238 e. The van der Waals surface area contributed by atoms with Crippen molar-refractivity contribution in [3.05, 3.63) is 18.2 Å². The number of nitrogen functional groups attached to an aromatic ring is 1. The Morgan fingerprint density at radius 1 is 1.37 bits per heavy atom. The molecule has 0 amide bonds. The number of aliphatic hydroxyl groups is 1. The average molecular weight is 285 g/mol. The standard InChI is InChI=1S/C12H19N3O3S/c13-10-6-9(19(14,17)18)4-5-11(10)15-7-8-2-1-3-12(8)16/h4-6,8,12,15-16H,1-3,7,13H2,(H2,14,17,18). The van der Waals surface area contributed by atoms with Crippen LogP contribution in [-0.4, -0.2) is 26.2 Å². The number of nitrogens with two attached hydrogens (primary N) is 2. The highest BCUT2D eigenvalue weighted by molar-refractivity contribution is 7.89. The summed E-state index contributed by atoms with van der Waals surface area (Å²) in [5.41, 5.74) is 6.78. The summed E-state index contributed by atoms with van der Waals surface area (Å²) < 4.78 is 22.4. The molecule has 19 heavy (non-hydrogen) atoms. The highest BCUT2D eigenvalue weighted by atomic mass is 32.2. The summed E-state index contributed by atoms with van der Waals surface area (Å²) in [5.74, 6) is 0.220. The van der Waals surface area contributed by atoms with Crippen LogP contribution in [0.25, 0.3) is 0 Å². The van der Waals surface area contributed by atoms with E-state index in [1.165, 1.54) is 12.1 Å². The highest BCUT2D eigenvalue weighted by Gasteiger charge is 2.24. The Hall–Kier alpha value is -1.31. The lowest BCUT2D eigenvalue weighted by atomic mass is 10.1. The van der Waals surface area contributed by atoms with Gasteiger partial charge in [0.2, 0.25) is 10.0 Å². The van der Waals surface area contributed by atoms with Crippen molar-refractivity contribution >= 4 is 21.4 Å².